The van der Waals surface area contributed by atoms with Gasteiger partial charge in [-0.3, -0.25) is 10.3 Å². The van der Waals surface area contributed by atoms with E-state index in [0.717, 1.165) is 0 Å². The minimum Gasteiger partial charge on any atom is -0.274 e. The third-order valence-electron chi connectivity index (χ3n) is 0.474. The van der Waals surface area contributed by atoms with Crippen LogP contribution in [0.25, 0.3) is 0 Å². The fourth-order valence-electron chi connectivity index (χ4n) is 0.199. The third-order valence-corrected chi connectivity index (χ3v) is 0.474. The topological polar surface area (TPSA) is 21.3 Å². The summed E-state index contributed by atoms with van der Waals surface area (Å²) in [6.07, 6.45) is 8.35. The largest absolute Gasteiger partial charge is 0.274 e. The minimum atomic E-state index is 0.296. The van der Waals surface area contributed by atoms with Crippen LogP contribution in [0.3, 0.4) is 0 Å². The summed E-state index contributed by atoms with van der Waals surface area (Å²) >= 11 is 0. The van der Waals surface area contributed by atoms with E-state index in [2.05, 4.69) is 16.2 Å². The van der Waals surface area contributed by atoms with E-state index >= 15 is 0 Å². The van der Waals surface area contributed by atoms with Crippen molar-refractivity contribution >= 4 is 0 Å². The Morgan fingerprint density at radius 1 is 1.88 bits per heavy atom. The van der Waals surface area contributed by atoms with Gasteiger partial charge in [0.1, 0.15) is 6.61 Å². The lowest BCUT2D eigenvalue weighted by atomic mass is 10.7. The molecular weight excluding hydrogens is 102 g/mol. The first kappa shape index (κ1) is 7.06. The molecule has 0 heterocycles. The van der Waals surface area contributed by atoms with Crippen molar-refractivity contribution in [2.24, 2.45) is 0 Å². The molecule has 0 spiro atoms. The Kier molecular flexibility index (Phi) is 5.35. The smallest absolute Gasteiger partial charge is 0.135 e. The Morgan fingerprint density at radius 2 is 2.62 bits per heavy atom. The van der Waals surface area contributed by atoms with Crippen LogP contribution >= 0.6 is 0 Å². The van der Waals surface area contributed by atoms with E-state index in [1.54, 1.807) is 6.20 Å². The molecule has 44 valence electrons. The van der Waals surface area contributed by atoms with Crippen molar-refractivity contribution in [3.8, 4) is 12.3 Å². The number of terminal acetylenes is 1. The number of rotatable bonds is 3. The average molecular weight is 111 g/mol. The van der Waals surface area contributed by atoms with Crippen LogP contribution in [0.15, 0.2) is 12.3 Å². The molecule has 0 saturated carbocycles. The molecule has 0 unspecified atom stereocenters. The van der Waals surface area contributed by atoms with Gasteiger partial charge in [0.25, 0.3) is 0 Å². The van der Waals surface area contributed by atoms with Crippen LogP contribution in [0, 0.1) is 12.3 Å². The molecule has 0 saturated heterocycles. The van der Waals surface area contributed by atoms with Crippen molar-refractivity contribution in [2.45, 2.75) is 6.92 Å². The zero-order valence-electron chi connectivity index (χ0n) is 4.85. The maximum atomic E-state index is 4.87. The molecule has 0 aliphatic carbocycles. The second-order valence-electron chi connectivity index (χ2n) is 1.11. The third kappa shape index (κ3) is 5.06. The Morgan fingerprint density at radius 3 is 3.12 bits per heavy atom. The quantitative estimate of drug-likeness (QED) is 0.328. The summed E-state index contributed by atoms with van der Waals surface area (Å²) in [5.41, 5.74) is 2.51. The second kappa shape index (κ2) is 6.06. The highest BCUT2D eigenvalue weighted by molar-refractivity contribution is 4.82. The van der Waals surface area contributed by atoms with Gasteiger partial charge in [-0.1, -0.05) is 12.0 Å². The maximum Gasteiger partial charge on any atom is 0.135 e. The molecule has 0 aliphatic heterocycles. The monoisotopic (exact) mass is 111 g/mol. The fraction of sp³-hybridized carbons (Fsp3) is 0.333. The van der Waals surface area contributed by atoms with E-state index < -0.39 is 0 Å². The number of hydroxylamine groups is 1. The zero-order chi connectivity index (χ0) is 6.24. The highest BCUT2D eigenvalue weighted by Gasteiger charge is 1.69. The van der Waals surface area contributed by atoms with Crippen molar-refractivity contribution in [2.75, 3.05) is 6.61 Å². The van der Waals surface area contributed by atoms with E-state index in [1.165, 1.54) is 0 Å². The summed E-state index contributed by atoms with van der Waals surface area (Å²) in [6, 6.07) is 0. The molecule has 0 aromatic heterocycles. The van der Waals surface area contributed by atoms with Gasteiger partial charge in [-0.2, -0.15) is 0 Å². The highest BCUT2D eigenvalue weighted by Crippen LogP contribution is 1.64. The van der Waals surface area contributed by atoms with Gasteiger partial charge < -0.3 is 0 Å². The molecule has 0 aromatic rings. The number of hydrogen-bond donors (Lipinski definition) is 1. The van der Waals surface area contributed by atoms with Crippen LogP contribution in [0.5, 0.6) is 0 Å². The molecule has 0 bridgehead atoms. The zero-order valence-corrected chi connectivity index (χ0v) is 4.85. The summed E-state index contributed by atoms with van der Waals surface area (Å²) in [5.74, 6) is 2.31. The van der Waals surface area contributed by atoms with Crippen LogP contribution in [0.1, 0.15) is 6.92 Å². The van der Waals surface area contributed by atoms with E-state index in [0.29, 0.717) is 6.61 Å². The van der Waals surface area contributed by atoms with Crippen molar-refractivity contribution in [1.29, 1.82) is 0 Å². The highest BCUT2D eigenvalue weighted by atomic mass is 16.6. The first-order valence-corrected chi connectivity index (χ1v) is 2.33. The Bertz CT molecular complexity index is 102. The van der Waals surface area contributed by atoms with Gasteiger partial charge >= 0.3 is 0 Å². The standard InChI is InChI=1S/C6H9NO/c1-3-5-7-8-6-4-2/h2-3,5,7H,6H2,1H3/b5-3+. The summed E-state index contributed by atoms with van der Waals surface area (Å²) in [4.78, 5) is 4.65. The Labute approximate surface area is 49.5 Å². The van der Waals surface area contributed by atoms with Gasteiger partial charge in [0.15, 0.2) is 0 Å². The molecule has 0 amide bonds. The van der Waals surface area contributed by atoms with Gasteiger partial charge in [0, 0.05) is 6.20 Å². The van der Waals surface area contributed by atoms with Crippen molar-refractivity contribution in [3.05, 3.63) is 12.3 Å². The lowest BCUT2D eigenvalue weighted by Crippen LogP contribution is -2.05. The predicted molar refractivity (Wildman–Crippen MR) is 32.7 cm³/mol. The molecule has 1 N–H and O–H groups in total. The second-order valence-corrected chi connectivity index (χ2v) is 1.11. The lowest BCUT2D eigenvalue weighted by Gasteiger charge is -1.93. The normalized spacial score (nSPS) is 9.00. The number of hydrogen-bond acceptors (Lipinski definition) is 2. The molecule has 0 atom stereocenters. The number of nitrogens with one attached hydrogen (secondary N) is 1. The van der Waals surface area contributed by atoms with Crippen LogP contribution in [0.4, 0.5) is 0 Å². The Hall–Kier alpha value is -0.940. The van der Waals surface area contributed by atoms with Gasteiger partial charge in [-0.25, -0.2) is 0 Å². The van der Waals surface area contributed by atoms with Crippen molar-refractivity contribution in [1.82, 2.24) is 5.48 Å². The molecule has 0 rings (SSSR count). The molecule has 0 fully saturated rings. The van der Waals surface area contributed by atoms with Gasteiger partial charge in [0.05, 0.1) is 0 Å². The Balaban J connectivity index is 2.85. The van der Waals surface area contributed by atoms with E-state index in [1.807, 2.05) is 13.0 Å². The van der Waals surface area contributed by atoms with Crippen LogP contribution in [-0.2, 0) is 4.84 Å². The first-order valence-electron chi connectivity index (χ1n) is 2.33. The molecule has 2 heteroatoms. The fourth-order valence-corrected chi connectivity index (χ4v) is 0.199. The summed E-state index contributed by atoms with van der Waals surface area (Å²) in [7, 11) is 0. The summed E-state index contributed by atoms with van der Waals surface area (Å²) < 4.78 is 0. The molecule has 0 aliphatic rings. The van der Waals surface area contributed by atoms with Gasteiger partial charge in [-0.15, -0.1) is 6.42 Å². The lowest BCUT2D eigenvalue weighted by molar-refractivity contribution is 0.0997. The van der Waals surface area contributed by atoms with E-state index in [-0.39, 0.29) is 0 Å². The van der Waals surface area contributed by atoms with Crippen LogP contribution < -0.4 is 5.48 Å². The van der Waals surface area contributed by atoms with Crippen molar-refractivity contribution < 1.29 is 4.84 Å². The van der Waals surface area contributed by atoms with E-state index in [4.69, 9.17) is 6.42 Å². The summed E-state index contributed by atoms with van der Waals surface area (Å²) in [5, 5.41) is 0. The van der Waals surface area contributed by atoms with Crippen LogP contribution in [0.2, 0.25) is 0 Å². The van der Waals surface area contributed by atoms with Crippen LogP contribution in [-0.4, -0.2) is 6.61 Å². The van der Waals surface area contributed by atoms with Gasteiger partial charge in [0.2, 0.25) is 0 Å². The predicted octanol–water partition coefficient (Wildman–Crippen LogP) is 0.674. The van der Waals surface area contributed by atoms with E-state index in [9.17, 15) is 0 Å². The van der Waals surface area contributed by atoms with Crippen molar-refractivity contribution in [3.63, 3.8) is 0 Å². The average Bonchev–Trinajstić information content (AvgIpc) is 1.81. The molecule has 2 nitrogen and oxygen atoms in total. The van der Waals surface area contributed by atoms with Gasteiger partial charge in [-0.05, 0) is 6.92 Å². The maximum absolute atomic E-state index is 4.87. The molecule has 0 radical (unpaired) electrons. The minimum absolute atomic E-state index is 0.296. The first-order chi connectivity index (χ1) is 3.91. The summed E-state index contributed by atoms with van der Waals surface area (Å²) in [6.45, 7) is 2.18. The molecular formula is C6H9NO. The molecule has 8 heavy (non-hydrogen) atoms. The molecule has 0 aromatic carbocycles. The number of allylic oxidation sites excluding steroid dienone is 1. The SMILES string of the molecule is C#CCON/C=C/C.